The van der Waals surface area contributed by atoms with Crippen LogP contribution < -0.4 is 5.32 Å². The maximum Gasteiger partial charge on any atom is 0.261 e. The summed E-state index contributed by atoms with van der Waals surface area (Å²) in [4.78, 5) is 51.3. The summed E-state index contributed by atoms with van der Waals surface area (Å²) in [7, 11) is 0. The van der Waals surface area contributed by atoms with Gasteiger partial charge in [0.2, 0.25) is 11.8 Å². The van der Waals surface area contributed by atoms with Gasteiger partial charge in [-0.15, -0.1) is 0 Å². The fourth-order valence-electron chi connectivity index (χ4n) is 3.59. The monoisotopic (exact) mass is 382 g/mol. The number of nitrogens with one attached hydrogen (secondary N) is 1. The number of carbonyl (C=O) groups is 4. The molecular weight excluding hydrogens is 360 g/mol. The molecule has 2 heterocycles. The molecule has 0 spiro atoms. The number of amides is 4. The number of imide groups is 1. The van der Waals surface area contributed by atoms with E-state index in [1.165, 1.54) is 4.90 Å². The zero-order chi connectivity index (χ0) is 20.1. The first-order valence-corrected chi connectivity index (χ1v) is 9.40. The number of nitriles is 1. The minimum absolute atomic E-state index is 0.00191. The van der Waals surface area contributed by atoms with Crippen molar-refractivity contribution in [2.24, 2.45) is 0 Å². The van der Waals surface area contributed by atoms with Crippen molar-refractivity contribution >= 4 is 23.6 Å². The molecule has 0 aromatic heterocycles. The van der Waals surface area contributed by atoms with E-state index in [-0.39, 0.29) is 49.1 Å². The first kappa shape index (κ1) is 19.5. The van der Waals surface area contributed by atoms with Gasteiger partial charge in [-0.25, -0.2) is 0 Å². The van der Waals surface area contributed by atoms with Gasteiger partial charge in [-0.05, 0) is 31.4 Å². The summed E-state index contributed by atoms with van der Waals surface area (Å²) >= 11 is 0. The van der Waals surface area contributed by atoms with Gasteiger partial charge >= 0.3 is 0 Å². The van der Waals surface area contributed by atoms with Crippen LogP contribution in [-0.4, -0.2) is 59.1 Å². The molecule has 28 heavy (non-hydrogen) atoms. The Balaban J connectivity index is 1.39. The van der Waals surface area contributed by atoms with Crippen molar-refractivity contribution in [3.63, 3.8) is 0 Å². The largest absolute Gasteiger partial charge is 0.353 e. The summed E-state index contributed by atoms with van der Waals surface area (Å²) in [6.07, 6.45) is 1.81. The molecule has 1 saturated heterocycles. The number of carbonyl (C=O) groups excluding carboxylic acids is 4. The predicted molar refractivity (Wildman–Crippen MR) is 99.0 cm³/mol. The fourth-order valence-corrected chi connectivity index (χ4v) is 3.59. The zero-order valence-electron chi connectivity index (χ0n) is 15.5. The van der Waals surface area contributed by atoms with E-state index in [1.54, 1.807) is 29.2 Å². The number of fused-ring (bicyclic) bond motifs is 1. The SMILES string of the molecule is N#CCC(=O)N1CCC(NC(=O)CCCN2C(=O)c3ccccc3C2=O)CC1. The smallest absolute Gasteiger partial charge is 0.261 e. The topological polar surface area (TPSA) is 111 Å². The molecule has 2 aliphatic heterocycles. The number of nitrogens with zero attached hydrogens (tertiary/aromatic N) is 3. The number of hydrogen-bond donors (Lipinski definition) is 1. The second-order valence-corrected chi connectivity index (χ2v) is 6.97. The van der Waals surface area contributed by atoms with E-state index in [9.17, 15) is 19.2 Å². The summed E-state index contributed by atoms with van der Waals surface area (Å²) < 4.78 is 0. The Bertz CT molecular complexity index is 802. The average Bonchev–Trinajstić information content (AvgIpc) is 2.94. The Labute approximate surface area is 163 Å². The lowest BCUT2D eigenvalue weighted by Crippen LogP contribution is -2.46. The van der Waals surface area contributed by atoms with Crippen LogP contribution in [0.5, 0.6) is 0 Å². The highest BCUT2D eigenvalue weighted by atomic mass is 16.2. The van der Waals surface area contributed by atoms with Gasteiger partial charge in [0, 0.05) is 32.1 Å². The molecule has 1 N–H and O–H groups in total. The Hall–Kier alpha value is -3.21. The van der Waals surface area contributed by atoms with Gasteiger partial charge in [0.25, 0.3) is 11.8 Å². The number of rotatable bonds is 6. The molecule has 2 aliphatic rings. The first-order valence-electron chi connectivity index (χ1n) is 9.40. The quantitative estimate of drug-likeness (QED) is 0.740. The van der Waals surface area contributed by atoms with E-state index in [4.69, 9.17) is 5.26 Å². The van der Waals surface area contributed by atoms with Crippen LogP contribution in [0.2, 0.25) is 0 Å². The van der Waals surface area contributed by atoms with Crippen molar-refractivity contribution in [3.8, 4) is 6.07 Å². The third-order valence-corrected chi connectivity index (χ3v) is 5.11. The number of benzene rings is 1. The van der Waals surface area contributed by atoms with Crippen LogP contribution in [0.15, 0.2) is 24.3 Å². The normalized spacial score (nSPS) is 16.7. The van der Waals surface area contributed by atoms with Gasteiger partial charge in [0.15, 0.2) is 0 Å². The lowest BCUT2D eigenvalue weighted by molar-refractivity contribution is -0.131. The van der Waals surface area contributed by atoms with Gasteiger partial charge in [0.05, 0.1) is 17.2 Å². The summed E-state index contributed by atoms with van der Waals surface area (Å²) in [5.74, 6) is -0.919. The Morgan fingerprint density at radius 1 is 1.11 bits per heavy atom. The van der Waals surface area contributed by atoms with Crippen LogP contribution in [0.4, 0.5) is 0 Å². The van der Waals surface area contributed by atoms with E-state index >= 15 is 0 Å². The minimum Gasteiger partial charge on any atom is -0.353 e. The van der Waals surface area contributed by atoms with E-state index in [1.807, 2.05) is 6.07 Å². The molecule has 4 amide bonds. The summed E-state index contributed by atoms with van der Waals surface area (Å²) in [5, 5.41) is 11.5. The molecule has 8 heteroatoms. The van der Waals surface area contributed by atoms with Gasteiger partial charge in [-0.3, -0.25) is 24.1 Å². The third kappa shape index (κ3) is 4.19. The van der Waals surface area contributed by atoms with Crippen molar-refractivity contribution in [2.45, 2.75) is 38.1 Å². The van der Waals surface area contributed by atoms with E-state index in [2.05, 4.69) is 5.32 Å². The van der Waals surface area contributed by atoms with Gasteiger partial charge in [-0.1, -0.05) is 12.1 Å². The standard InChI is InChI=1S/C20H22N4O4/c21-10-7-18(26)23-12-8-14(9-13-23)22-17(25)6-3-11-24-19(27)15-4-1-2-5-16(15)20(24)28/h1-2,4-5,14H,3,6-9,11-13H2,(H,22,25). The summed E-state index contributed by atoms with van der Waals surface area (Å²) in [5.41, 5.74) is 0.823. The van der Waals surface area contributed by atoms with E-state index in [0.717, 1.165) is 0 Å². The van der Waals surface area contributed by atoms with Crippen molar-refractivity contribution in [2.75, 3.05) is 19.6 Å². The Morgan fingerprint density at radius 3 is 2.29 bits per heavy atom. The molecule has 0 atom stereocenters. The van der Waals surface area contributed by atoms with Gasteiger partial charge < -0.3 is 10.2 Å². The van der Waals surface area contributed by atoms with Crippen LogP contribution >= 0.6 is 0 Å². The van der Waals surface area contributed by atoms with Gasteiger partial charge in [0.1, 0.15) is 6.42 Å². The van der Waals surface area contributed by atoms with E-state index < -0.39 is 0 Å². The van der Waals surface area contributed by atoms with Crippen molar-refractivity contribution in [3.05, 3.63) is 35.4 Å². The lowest BCUT2D eigenvalue weighted by Gasteiger charge is -2.32. The molecule has 0 bridgehead atoms. The van der Waals surface area contributed by atoms with Crippen molar-refractivity contribution in [1.82, 2.24) is 15.1 Å². The fraction of sp³-hybridized carbons (Fsp3) is 0.450. The molecule has 1 aromatic rings. The third-order valence-electron chi connectivity index (χ3n) is 5.11. The molecule has 0 aliphatic carbocycles. The second kappa shape index (κ2) is 8.65. The molecular formula is C20H22N4O4. The minimum atomic E-state index is -0.310. The summed E-state index contributed by atoms with van der Waals surface area (Å²) in [6, 6.07) is 8.57. The van der Waals surface area contributed by atoms with Crippen molar-refractivity contribution < 1.29 is 19.2 Å². The van der Waals surface area contributed by atoms with Gasteiger partial charge in [-0.2, -0.15) is 5.26 Å². The number of piperidine rings is 1. The van der Waals surface area contributed by atoms with Crippen LogP contribution in [-0.2, 0) is 9.59 Å². The molecule has 146 valence electrons. The highest BCUT2D eigenvalue weighted by molar-refractivity contribution is 6.21. The lowest BCUT2D eigenvalue weighted by atomic mass is 10.0. The Morgan fingerprint density at radius 2 is 1.71 bits per heavy atom. The second-order valence-electron chi connectivity index (χ2n) is 6.97. The van der Waals surface area contributed by atoms with Crippen molar-refractivity contribution in [1.29, 1.82) is 5.26 Å². The maximum atomic E-state index is 12.3. The predicted octanol–water partition coefficient (Wildman–Crippen LogP) is 1.08. The number of likely N-dealkylation sites (tertiary alicyclic amines) is 1. The molecule has 0 radical (unpaired) electrons. The highest BCUT2D eigenvalue weighted by Gasteiger charge is 2.34. The summed E-state index contributed by atoms with van der Waals surface area (Å²) in [6.45, 7) is 1.27. The molecule has 0 unspecified atom stereocenters. The molecule has 0 saturated carbocycles. The van der Waals surface area contributed by atoms with Crippen LogP contribution in [0.3, 0.4) is 0 Å². The zero-order valence-corrected chi connectivity index (χ0v) is 15.5. The average molecular weight is 382 g/mol. The molecule has 1 fully saturated rings. The highest BCUT2D eigenvalue weighted by Crippen LogP contribution is 2.22. The molecule has 8 nitrogen and oxygen atoms in total. The Kier molecular flexibility index (Phi) is 6.04. The first-order chi connectivity index (χ1) is 13.5. The number of hydrogen-bond acceptors (Lipinski definition) is 5. The molecule has 3 rings (SSSR count). The maximum absolute atomic E-state index is 12.3. The molecule has 1 aromatic carbocycles. The van der Waals surface area contributed by atoms with Crippen LogP contribution in [0, 0.1) is 11.3 Å². The van der Waals surface area contributed by atoms with E-state index in [0.29, 0.717) is 43.5 Å². The van der Waals surface area contributed by atoms with Crippen LogP contribution in [0.1, 0.15) is 52.8 Å². The van der Waals surface area contributed by atoms with Crippen LogP contribution in [0.25, 0.3) is 0 Å².